The minimum atomic E-state index is -3.92. The number of benzene rings is 2. The van der Waals surface area contributed by atoms with Gasteiger partial charge < -0.3 is 5.73 Å². The molecule has 8 heteroatoms. The molecule has 0 amide bonds. The van der Waals surface area contributed by atoms with Crippen molar-refractivity contribution >= 4 is 44.6 Å². The third-order valence-electron chi connectivity index (χ3n) is 2.73. The zero-order valence-corrected chi connectivity index (χ0v) is 13.2. The quantitative estimate of drug-likeness (QED) is 0.828. The summed E-state index contributed by atoms with van der Waals surface area (Å²) < 4.78 is 40.1. The van der Waals surface area contributed by atoms with Gasteiger partial charge in [0, 0.05) is 5.69 Å². The van der Waals surface area contributed by atoms with Crippen LogP contribution in [0.2, 0.25) is 10.0 Å². The first-order valence-electron chi connectivity index (χ1n) is 5.74. The molecule has 0 heterocycles. The van der Waals surface area contributed by atoms with Gasteiger partial charge in [0.25, 0.3) is 10.0 Å². The minimum Gasteiger partial charge on any atom is -0.399 e. The van der Waals surface area contributed by atoms with Gasteiger partial charge in [0.1, 0.15) is 5.82 Å². The summed E-state index contributed by atoms with van der Waals surface area (Å²) in [4.78, 5) is 0.0353. The fraction of sp³-hybridized carbons (Fsp3) is 0.0769. The number of rotatable bonds is 3. The zero-order valence-electron chi connectivity index (χ0n) is 10.8. The summed E-state index contributed by atoms with van der Waals surface area (Å²) in [6, 6.07) is 6.32. The van der Waals surface area contributed by atoms with E-state index >= 15 is 0 Å². The molecular weight excluding hydrogens is 338 g/mol. The molecule has 0 bridgehead atoms. The van der Waals surface area contributed by atoms with E-state index in [0.717, 1.165) is 12.1 Å². The van der Waals surface area contributed by atoms with Crippen molar-refractivity contribution < 1.29 is 12.8 Å². The fourth-order valence-electron chi connectivity index (χ4n) is 1.80. The van der Waals surface area contributed by atoms with Crippen molar-refractivity contribution in [2.75, 3.05) is 10.5 Å². The van der Waals surface area contributed by atoms with Crippen LogP contribution >= 0.6 is 23.2 Å². The molecule has 112 valence electrons. The summed E-state index contributed by atoms with van der Waals surface area (Å²) in [6.07, 6.45) is 0. The lowest BCUT2D eigenvalue weighted by atomic mass is 10.2. The first-order valence-corrected chi connectivity index (χ1v) is 7.98. The highest BCUT2D eigenvalue weighted by atomic mass is 35.5. The second kappa shape index (κ2) is 5.71. The number of anilines is 2. The van der Waals surface area contributed by atoms with Crippen LogP contribution in [0.5, 0.6) is 0 Å². The molecule has 21 heavy (non-hydrogen) atoms. The maximum Gasteiger partial charge on any atom is 0.262 e. The highest BCUT2D eigenvalue weighted by Gasteiger charge is 2.20. The standard InChI is InChI=1S/C13H11Cl2FN2O2S/c1-7-4-9(17)2-3-12(7)21(19,20)18-13-10(14)5-8(16)6-11(13)15/h2-6,18H,17H2,1H3. The Morgan fingerprint density at radius 1 is 1.14 bits per heavy atom. The molecule has 0 radical (unpaired) electrons. The average molecular weight is 349 g/mol. The molecule has 0 aliphatic rings. The molecule has 2 aromatic rings. The molecule has 3 N–H and O–H groups in total. The highest BCUT2D eigenvalue weighted by Crippen LogP contribution is 2.33. The predicted molar refractivity (Wildman–Crippen MR) is 82.8 cm³/mol. The lowest BCUT2D eigenvalue weighted by molar-refractivity contribution is 0.600. The fourth-order valence-corrected chi connectivity index (χ4v) is 3.80. The Balaban J connectivity index is 2.47. The first-order chi connectivity index (χ1) is 9.70. The van der Waals surface area contributed by atoms with Gasteiger partial charge in [-0.3, -0.25) is 4.72 Å². The molecule has 0 fully saturated rings. The highest BCUT2D eigenvalue weighted by molar-refractivity contribution is 7.92. The second-order valence-corrected chi connectivity index (χ2v) is 6.84. The number of sulfonamides is 1. The van der Waals surface area contributed by atoms with Crippen molar-refractivity contribution in [2.24, 2.45) is 0 Å². The van der Waals surface area contributed by atoms with Crippen LogP contribution in [-0.2, 0) is 10.0 Å². The van der Waals surface area contributed by atoms with Crippen LogP contribution in [0.4, 0.5) is 15.8 Å². The van der Waals surface area contributed by atoms with Crippen LogP contribution in [0, 0.1) is 12.7 Å². The Kier molecular flexibility index (Phi) is 4.32. The predicted octanol–water partition coefficient (Wildman–Crippen LogP) is 3.82. The van der Waals surface area contributed by atoms with Crippen molar-refractivity contribution in [3.8, 4) is 0 Å². The summed E-state index contributed by atoms with van der Waals surface area (Å²) in [5.41, 5.74) is 6.43. The Morgan fingerprint density at radius 2 is 1.71 bits per heavy atom. The first kappa shape index (κ1) is 15.9. The van der Waals surface area contributed by atoms with Crippen LogP contribution in [0.15, 0.2) is 35.2 Å². The maximum atomic E-state index is 13.1. The van der Waals surface area contributed by atoms with Gasteiger partial charge in [-0.05, 0) is 42.8 Å². The molecule has 0 unspecified atom stereocenters. The molecule has 0 saturated carbocycles. The van der Waals surface area contributed by atoms with Gasteiger partial charge in [-0.25, -0.2) is 12.8 Å². The SMILES string of the molecule is Cc1cc(N)ccc1S(=O)(=O)Nc1c(Cl)cc(F)cc1Cl. The van der Waals surface area contributed by atoms with Crippen LogP contribution < -0.4 is 10.5 Å². The lowest BCUT2D eigenvalue weighted by Crippen LogP contribution is -2.15. The van der Waals surface area contributed by atoms with E-state index in [9.17, 15) is 12.8 Å². The molecule has 0 spiro atoms. The number of nitrogens with one attached hydrogen (secondary N) is 1. The smallest absolute Gasteiger partial charge is 0.262 e. The van der Waals surface area contributed by atoms with Gasteiger partial charge in [-0.15, -0.1) is 0 Å². The van der Waals surface area contributed by atoms with Gasteiger partial charge >= 0.3 is 0 Å². The second-order valence-electron chi connectivity index (χ2n) is 4.37. The summed E-state index contributed by atoms with van der Waals surface area (Å²) >= 11 is 11.6. The van der Waals surface area contributed by atoms with Gasteiger partial charge in [-0.1, -0.05) is 23.2 Å². The number of nitrogens with two attached hydrogens (primary N) is 1. The van der Waals surface area contributed by atoms with E-state index in [4.69, 9.17) is 28.9 Å². The lowest BCUT2D eigenvalue weighted by Gasteiger charge is -2.13. The molecule has 0 atom stereocenters. The van der Waals surface area contributed by atoms with E-state index in [1.807, 2.05) is 0 Å². The third-order valence-corrected chi connectivity index (χ3v) is 4.84. The molecule has 0 aromatic heterocycles. The van der Waals surface area contributed by atoms with E-state index < -0.39 is 15.8 Å². The van der Waals surface area contributed by atoms with E-state index in [2.05, 4.69) is 4.72 Å². The summed E-state index contributed by atoms with van der Waals surface area (Å²) in [5.74, 6) is -0.656. The zero-order chi connectivity index (χ0) is 15.8. The van der Waals surface area contributed by atoms with E-state index in [1.54, 1.807) is 6.92 Å². The van der Waals surface area contributed by atoms with Gasteiger partial charge in [0.15, 0.2) is 0 Å². The van der Waals surface area contributed by atoms with Crippen molar-refractivity contribution in [3.05, 3.63) is 51.8 Å². The number of halogens is 3. The summed E-state index contributed by atoms with van der Waals surface area (Å²) in [5, 5.41) is -0.256. The number of hydrogen-bond acceptors (Lipinski definition) is 3. The Labute approximate surface area is 131 Å². The van der Waals surface area contributed by atoms with Crippen LogP contribution in [0.1, 0.15) is 5.56 Å². The van der Waals surface area contributed by atoms with Crippen molar-refractivity contribution in [1.82, 2.24) is 0 Å². The normalized spacial score (nSPS) is 11.4. The largest absolute Gasteiger partial charge is 0.399 e. The molecule has 4 nitrogen and oxygen atoms in total. The van der Waals surface area contributed by atoms with E-state index in [0.29, 0.717) is 11.3 Å². The molecule has 0 aliphatic heterocycles. The minimum absolute atomic E-state index is 0.0353. The van der Waals surface area contributed by atoms with Gasteiger partial charge in [0.2, 0.25) is 0 Å². The molecule has 2 rings (SSSR count). The van der Waals surface area contributed by atoms with E-state index in [-0.39, 0.29) is 20.6 Å². The van der Waals surface area contributed by atoms with Crippen molar-refractivity contribution in [2.45, 2.75) is 11.8 Å². The molecular formula is C13H11Cl2FN2O2S. The van der Waals surface area contributed by atoms with Gasteiger partial charge in [0.05, 0.1) is 20.6 Å². The van der Waals surface area contributed by atoms with E-state index in [1.165, 1.54) is 18.2 Å². The average Bonchev–Trinajstić information content (AvgIpc) is 2.33. The summed E-state index contributed by atoms with van der Waals surface area (Å²) in [7, 11) is -3.92. The Morgan fingerprint density at radius 3 is 2.24 bits per heavy atom. The molecule has 0 saturated heterocycles. The van der Waals surface area contributed by atoms with Crippen LogP contribution in [0.3, 0.4) is 0 Å². The summed E-state index contributed by atoms with van der Waals surface area (Å²) in [6.45, 7) is 1.61. The molecule has 0 aliphatic carbocycles. The van der Waals surface area contributed by atoms with Crippen LogP contribution in [0.25, 0.3) is 0 Å². The topological polar surface area (TPSA) is 72.2 Å². The Hall–Kier alpha value is -1.50. The number of nitrogen functional groups attached to an aromatic ring is 1. The number of aryl methyl sites for hydroxylation is 1. The number of hydrogen-bond donors (Lipinski definition) is 2. The monoisotopic (exact) mass is 348 g/mol. The molecule has 2 aromatic carbocycles. The van der Waals surface area contributed by atoms with Crippen LogP contribution in [-0.4, -0.2) is 8.42 Å². The third kappa shape index (κ3) is 3.40. The van der Waals surface area contributed by atoms with Crippen molar-refractivity contribution in [1.29, 1.82) is 0 Å². The van der Waals surface area contributed by atoms with Crippen molar-refractivity contribution in [3.63, 3.8) is 0 Å². The maximum absolute atomic E-state index is 13.1. The Bertz CT molecular complexity index is 787. The van der Waals surface area contributed by atoms with Gasteiger partial charge in [-0.2, -0.15) is 0 Å².